The van der Waals surface area contributed by atoms with E-state index in [4.69, 9.17) is 4.74 Å². The molecule has 0 bridgehead atoms. The van der Waals surface area contributed by atoms with E-state index in [0.29, 0.717) is 37.0 Å². The second-order valence-electron chi connectivity index (χ2n) is 11.1. The Labute approximate surface area is 180 Å². The van der Waals surface area contributed by atoms with Crippen molar-refractivity contribution in [2.45, 2.75) is 91.6 Å². The van der Waals surface area contributed by atoms with Gasteiger partial charge in [0.25, 0.3) is 0 Å². The van der Waals surface area contributed by atoms with E-state index < -0.39 is 11.9 Å². The molecule has 0 saturated heterocycles. The van der Waals surface area contributed by atoms with E-state index in [2.05, 4.69) is 13.8 Å². The summed E-state index contributed by atoms with van der Waals surface area (Å²) in [6, 6.07) is 0. The van der Waals surface area contributed by atoms with Gasteiger partial charge in [0.05, 0.1) is 0 Å². The summed E-state index contributed by atoms with van der Waals surface area (Å²) in [5.41, 5.74) is -0.104. The highest BCUT2D eigenvalue weighted by atomic mass is 16.5. The molecule has 0 radical (unpaired) electrons. The number of carboxylic acids is 1. The number of Topliss-reactive ketones (excluding diaryl/α,β-unsaturated/α-hetero) is 1. The first-order valence-electron chi connectivity index (χ1n) is 12.0. The molecule has 30 heavy (non-hydrogen) atoms. The van der Waals surface area contributed by atoms with Gasteiger partial charge < -0.3 is 14.6 Å². The van der Waals surface area contributed by atoms with Crippen LogP contribution in [0.4, 0.5) is 0 Å². The Balaban J connectivity index is 1.67. The van der Waals surface area contributed by atoms with Crippen LogP contribution in [0.15, 0.2) is 0 Å². The number of carbonyl (C=O) groups is 3. The van der Waals surface area contributed by atoms with E-state index >= 15 is 0 Å². The molecule has 4 aliphatic rings. The van der Waals surface area contributed by atoms with Crippen molar-refractivity contribution in [2.75, 3.05) is 0 Å². The average molecular weight is 418 g/mol. The van der Waals surface area contributed by atoms with Gasteiger partial charge in [0.15, 0.2) is 0 Å². The number of hydrogen-bond acceptors (Lipinski definition) is 5. The lowest BCUT2D eigenvalue weighted by Gasteiger charge is -2.63. The van der Waals surface area contributed by atoms with Gasteiger partial charge >= 0.3 is 5.97 Å². The maximum absolute atomic E-state index is 12.6. The summed E-state index contributed by atoms with van der Waals surface area (Å²) < 4.78 is 5.75. The van der Waals surface area contributed by atoms with Crippen LogP contribution in [-0.2, 0) is 19.1 Å². The molecule has 4 fully saturated rings. The van der Waals surface area contributed by atoms with E-state index in [1.54, 1.807) is 0 Å². The number of fused-ring (bicyclic) bond motifs is 5. The van der Waals surface area contributed by atoms with Crippen LogP contribution in [-0.4, -0.2) is 23.8 Å². The van der Waals surface area contributed by atoms with Gasteiger partial charge in [0, 0.05) is 37.1 Å². The fourth-order valence-corrected chi connectivity index (χ4v) is 8.73. The highest BCUT2D eigenvalue weighted by Gasteiger charge is 2.63. The molecule has 9 atom stereocenters. The number of ketones is 1. The second kappa shape index (κ2) is 7.63. The summed E-state index contributed by atoms with van der Waals surface area (Å²) in [7, 11) is 0. The molecule has 0 aromatic carbocycles. The van der Waals surface area contributed by atoms with E-state index in [1.807, 2.05) is 6.92 Å². The summed E-state index contributed by atoms with van der Waals surface area (Å²) in [5, 5.41) is 12.0. The van der Waals surface area contributed by atoms with Gasteiger partial charge in [-0.1, -0.05) is 20.8 Å². The fraction of sp³-hybridized carbons (Fsp3) is 0.880. The van der Waals surface area contributed by atoms with Crippen LogP contribution in [0.25, 0.3) is 0 Å². The third kappa shape index (κ3) is 3.14. The molecule has 0 aliphatic heterocycles. The first kappa shape index (κ1) is 21.8. The van der Waals surface area contributed by atoms with Gasteiger partial charge in [-0.25, -0.2) is 0 Å². The zero-order valence-corrected chi connectivity index (χ0v) is 18.9. The van der Waals surface area contributed by atoms with Crippen molar-refractivity contribution >= 4 is 17.7 Å². The molecule has 0 aromatic rings. The highest BCUT2D eigenvalue weighted by molar-refractivity contribution is 5.81. The van der Waals surface area contributed by atoms with E-state index in [0.717, 1.165) is 38.5 Å². The largest absolute Gasteiger partial charge is 0.550 e. The van der Waals surface area contributed by atoms with Crippen LogP contribution >= 0.6 is 0 Å². The Morgan fingerprint density at radius 2 is 1.83 bits per heavy atom. The summed E-state index contributed by atoms with van der Waals surface area (Å²) in [4.78, 5) is 36.3. The monoisotopic (exact) mass is 417 g/mol. The van der Waals surface area contributed by atoms with Crippen molar-refractivity contribution in [1.82, 2.24) is 0 Å². The molecule has 0 spiro atoms. The zero-order valence-electron chi connectivity index (χ0n) is 18.9. The van der Waals surface area contributed by atoms with Crippen molar-refractivity contribution in [1.29, 1.82) is 0 Å². The zero-order chi connectivity index (χ0) is 21.8. The van der Waals surface area contributed by atoms with Gasteiger partial charge in [-0.3, -0.25) is 9.59 Å². The standard InChI is InChI=1S/C25H38O5/c1-5-17(23(28)29)21-13-16(27)12-15-6-7-18-19-8-9-22(30-14(2)26)24(19,3)11-10-20(18)25(15,21)4/h15,17-22H,5-13H2,1-4H3,(H,28,29)/p-1/t15?,17?,18-,19-,20-,21?,22?,24-,25-/m0/s1. The predicted molar refractivity (Wildman–Crippen MR) is 110 cm³/mol. The molecule has 0 N–H and O–H groups in total. The normalized spacial score (nSPS) is 46.3. The maximum atomic E-state index is 12.6. The van der Waals surface area contributed by atoms with Crippen LogP contribution in [0.3, 0.4) is 0 Å². The summed E-state index contributed by atoms with van der Waals surface area (Å²) >= 11 is 0. The summed E-state index contributed by atoms with van der Waals surface area (Å²) in [6.45, 7) is 8.03. The number of ether oxygens (including phenoxy) is 1. The fourth-order valence-electron chi connectivity index (χ4n) is 8.73. The van der Waals surface area contributed by atoms with Gasteiger partial charge in [-0.05, 0) is 80.0 Å². The lowest BCUT2D eigenvalue weighted by atomic mass is 9.41. The Bertz CT molecular complexity index is 731. The van der Waals surface area contributed by atoms with Crippen LogP contribution < -0.4 is 5.11 Å². The average Bonchev–Trinajstić information content (AvgIpc) is 2.99. The van der Waals surface area contributed by atoms with E-state index in [1.165, 1.54) is 6.92 Å². The lowest BCUT2D eigenvalue weighted by Crippen LogP contribution is -2.59. The van der Waals surface area contributed by atoms with Crippen LogP contribution in [0.2, 0.25) is 0 Å². The Hall–Kier alpha value is -1.39. The second-order valence-corrected chi connectivity index (χ2v) is 11.1. The molecule has 4 aliphatic carbocycles. The van der Waals surface area contributed by atoms with Crippen molar-refractivity contribution < 1.29 is 24.2 Å². The topological polar surface area (TPSA) is 83.5 Å². The van der Waals surface area contributed by atoms with Crippen LogP contribution in [0.5, 0.6) is 0 Å². The minimum Gasteiger partial charge on any atom is -0.550 e. The van der Waals surface area contributed by atoms with Crippen molar-refractivity contribution in [3.8, 4) is 0 Å². The maximum Gasteiger partial charge on any atom is 0.302 e. The number of carbonyl (C=O) groups excluding carboxylic acids is 3. The van der Waals surface area contributed by atoms with Gasteiger partial charge in [0.2, 0.25) is 0 Å². The van der Waals surface area contributed by atoms with Crippen LogP contribution in [0, 0.1) is 46.3 Å². The molecular formula is C25H37O5-. The molecule has 4 unspecified atom stereocenters. The Morgan fingerprint density at radius 3 is 2.47 bits per heavy atom. The minimum atomic E-state index is -0.990. The highest BCUT2D eigenvalue weighted by Crippen LogP contribution is 2.68. The van der Waals surface area contributed by atoms with E-state index in [-0.39, 0.29) is 40.5 Å². The van der Waals surface area contributed by atoms with Crippen molar-refractivity contribution in [3.63, 3.8) is 0 Å². The number of aliphatic carboxylic acids is 1. The summed E-state index contributed by atoms with van der Waals surface area (Å²) in [5.74, 6) is 0.149. The van der Waals surface area contributed by atoms with Crippen molar-refractivity contribution in [3.05, 3.63) is 0 Å². The molecule has 0 aromatic heterocycles. The lowest BCUT2D eigenvalue weighted by molar-refractivity contribution is -0.316. The molecule has 168 valence electrons. The molecule has 0 heterocycles. The molecule has 5 heteroatoms. The first-order chi connectivity index (χ1) is 14.1. The number of esters is 1. The molecular weight excluding hydrogens is 380 g/mol. The summed E-state index contributed by atoms with van der Waals surface area (Å²) in [6.07, 6.45) is 7.71. The Morgan fingerprint density at radius 1 is 1.10 bits per heavy atom. The van der Waals surface area contributed by atoms with Crippen LogP contribution in [0.1, 0.15) is 85.5 Å². The molecule has 4 rings (SSSR count). The third-order valence-corrected chi connectivity index (χ3v) is 10.1. The van der Waals surface area contributed by atoms with Gasteiger partial charge in [0.1, 0.15) is 11.9 Å². The molecule has 0 amide bonds. The number of hydrogen-bond donors (Lipinski definition) is 0. The Kier molecular flexibility index (Phi) is 5.55. The number of carboxylic acid groups (broad SMARTS) is 1. The smallest absolute Gasteiger partial charge is 0.302 e. The van der Waals surface area contributed by atoms with Gasteiger partial charge in [-0.15, -0.1) is 0 Å². The minimum absolute atomic E-state index is 0.00169. The third-order valence-electron chi connectivity index (χ3n) is 10.1. The predicted octanol–water partition coefficient (Wildman–Crippen LogP) is 3.53. The molecule has 5 nitrogen and oxygen atoms in total. The number of rotatable bonds is 4. The first-order valence-corrected chi connectivity index (χ1v) is 12.0. The SMILES string of the molecule is CCC(C(=O)[O-])C1CC(=O)CC2CC[C@@H]3[C@H](CC[C@]4(C)C(OC(C)=O)CC[C@@H]34)[C@]21C. The quantitative estimate of drug-likeness (QED) is 0.654. The van der Waals surface area contributed by atoms with Crippen molar-refractivity contribution in [2.24, 2.45) is 46.3 Å². The molecule has 4 saturated carbocycles. The van der Waals surface area contributed by atoms with E-state index in [9.17, 15) is 19.5 Å². The van der Waals surface area contributed by atoms with Gasteiger partial charge in [-0.2, -0.15) is 0 Å².